The van der Waals surface area contributed by atoms with Gasteiger partial charge in [0.2, 0.25) is 0 Å². The lowest BCUT2D eigenvalue weighted by Gasteiger charge is -2.14. The van der Waals surface area contributed by atoms with Crippen LogP contribution in [0.2, 0.25) is 5.02 Å². The van der Waals surface area contributed by atoms with Crippen LogP contribution in [0.15, 0.2) is 48.8 Å². The lowest BCUT2D eigenvalue weighted by molar-refractivity contribution is 0.405. The zero-order chi connectivity index (χ0) is 19.2. The molecule has 2 aromatic carbocycles. The number of ether oxygens (including phenoxy) is 3. The Hall–Kier alpha value is -3.19. The Bertz CT molecular complexity index is 937. The van der Waals surface area contributed by atoms with Crippen LogP contribution in [0.4, 0.5) is 23.0 Å². The number of methoxy groups -OCH3 is 3. The summed E-state index contributed by atoms with van der Waals surface area (Å²) in [5.74, 6) is 3.06. The van der Waals surface area contributed by atoms with Gasteiger partial charge >= 0.3 is 0 Å². The third kappa shape index (κ3) is 4.51. The van der Waals surface area contributed by atoms with Crippen molar-refractivity contribution in [2.45, 2.75) is 0 Å². The van der Waals surface area contributed by atoms with Gasteiger partial charge in [-0.15, -0.1) is 0 Å². The van der Waals surface area contributed by atoms with E-state index in [1.54, 1.807) is 39.5 Å². The minimum absolute atomic E-state index is 0.461. The summed E-state index contributed by atoms with van der Waals surface area (Å²) in [6.07, 6.45) is 1.46. The highest BCUT2D eigenvalue weighted by Gasteiger charge is 2.11. The van der Waals surface area contributed by atoms with E-state index in [2.05, 4.69) is 20.6 Å². The zero-order valence-electron chi connectivity index (χ0n) is 15.1. The molecule has 3 aromatic rings. The van der Waals surface area contributed by atoms with Gasteiger partial charge in [0.05, 0.1) is 32.0 Å². The molecule has 8 heteroatoms. The van der Waals surface area contributed by atoms with Crippen molar-refractivity contribution in [2.75, 3.05) is 32.0 Å². The average molecular weight is 387 g/mol. The van der Waals surface area contributed by atoms with Crippen molar-refractivity contribution in [1.82, 2.24) is 9.97 Å². The molecule has 3 rings (SSSR count). The molecule has 27 heavy (non-hydrogen) atoms. The molecule has 0 bridgehead atoms. The number of aromatic nitrogens is 2. The van der Waals surface area contributed by atoms with E-state index >= 15 is 0 Å². The molecule has 0 aliphatic carbocycles. The topological polar surface area (TPSA) is 77.5 Å². The lowest BCUT2D eigenvalue weighted by atomic mass is 10.2. The van der Waals surface area contributed by atoms with Crippen molar-refractivity contribution in [2.24, 2.45) is 0 Å². The Morgan fingerprint density at radius 2 is 1.56 bits per heavy atom. The maximum atomic E-state index is 6.14. The molecule has 0 saturated carbocycles. The molecule has 0 unspecified atom stereocenters. The number of benzene rings is 2. The highest BCUT2D eigenvalue weighted by atomic mass is 35.5. The van der Waals surface area contributed by atoms with E-state index in [9.17, 15) is 0 Å². The maximum absolute atomic E-state index is 6.14. The summed E-state index contributed by atoms with van der Waals surface area (Å²) in [6, 6.07) is 12.8. The molecule has 0 atom stereocenters. The zero-order valence-corrected chi connectivity index (χ0v) is 15.9. The third-order valence-corrected chi connectivity index (χ3v) is 4.04. The first-order chi connectivity index (χ1) is 13.1. The number of rotatable bonds is 7. The predicted octanol–water partition coefficient (Wildman–Crippen LogP) is 4.64. The monoisotopic (exact) mass is 386 g/mol. The van der Waals surface area contributed by atoms with E-state index in [0.717, 1.165) is 11.4 Å². The van der Waals surface area contributed by atoms with Gasteiger partial charge in [0.15, 0.2) is 0 Å². The second-order valence-electron chi connectivity index (χ2n) is 5.46. The highest BCUT2D eigenvalue weighted by Crippen LogP contribution is 2.37. The van der Waals surface area contributed by atoms with Crippen LogP contribution in [0.1, 0.15) is 0 Å². The summed E-state index contributed by atoms with van der Waals surface area (Å²) in [5.41, 5.74) is 1.52. The third-order valence-electron chi connectivity index (χ3n) is 3.75. The molecule has 0 saturated heterocycles. The first-order valence-electron chi connectivity index (χ1n) is 8.04. The largest absolute Gasteiger partial charge is 0.497 e. The SMILES string of the molecule is COc1cccc(Nc2cc(Nc3cc(OC)c(Cl)cc3OC)ncn2)c1. The molecule has 1 aromatic heterocycles. The van der Waals surface area contributed by atoms with Gasteiger partial charge in [-0.3, -0.25) is 0 Å². The Kier molecular flexibility index (Phi) is 5.83. The molecule has 7 nitrogen and oxygen atoms in total. The second kappa shape index (κ2) is 8.46. The second-order valence-corrected chi connectivity index (χ2v) is 5.86. The summed E-state index contributed by atoms with van der Waals surface area (Å²) < 4.78 is 15.9. The fourth-order valence-electron chi connectivity index (χ4n) is 2.44. The summed E-state index contributed by atoms with van der Waals surface area (Å²) in [7, 11) is 4.75. The van der Waals surface area contributed by atoms with Gasteiger partial charge in [0, 0.05) is 30.0 Å². The van der Waals surface area contributed by atoms with Crippen LogP contribution in [-0.4, -0.2) is 31.3 Å². The Balaban J connectivity index is 1.84. The normalized spacial score (nSPS) is 10.2. The Morgan fingerprint density at radius 3 is 2.26 bits per heavy atom. The van der Waals surface area contributed by atoms with Crippen LogP contribution in [-0.2, 0) is 0 Å². The molecule has 0 aliphatic rings. The summed E-state index contributed by atoms with van der Waals surface area (Å²) in [6.45, 7) is 0. The summed E-state index contributed by atoms with van der Waals surface area (Å²) in [5, 5.41) is 6.87. The molecular weight excluding hydrogens is 368 g/mol. The van der Waals surface area contributed by atoms with Crippen LogP contribution >= 0.6 is 11.6 Å². The molecule has 2 N–H and O–H groups in total. The number of halogens is 1. The minimum Gasteiger partial charge on any atom is -0.497 e. The number of hydrogen-bond donors (Lipinski definition) is 2. The number of hydrogen-bond acceptors (Lipinski definition) is 7. The van der Waals surface area contributed by atoms with Gasteiger partial charge < -0.3 is 24.8 Å². The fraction of sp³-hybridized carbons (Fsp3) is 0.158. The molecule has 0 fully saturated rings. The van der Waals surface area contributed by atoms with Gasteiger partial charge in [-0.1, -0.05) is 17.7 Å². The van der Waals surface area contributed by atoms with Gasteiger partial charge in [-0.2, -0.15) is 0 Å². The molecule has 0 amide bonds. The van der Waals surface area contributed by atoms with Crippen molar-refractivity contribution in [3.63, 3.8) is 0 Å². The van der Waals surface area contributed by atoms with Crippen molar-refractivity contribution in [3.05, 3.63) is 53.8 Å². The summed E-state index contributed by atoms with van der Waals surface area (Å²) >= 11 is 6.14. The van der Waals surface area contributed by atoms with Gasteiger partial charge in [-0.25, -0.2) is 9.97 Å². The smallest absolute Gasteiger partial charge is 0.144 e. The highest BCUT2D eigenvalue weighted by molar-refractivity contribution is 6.32. The molecule has 0 spiro atoms. The van der Waals surface area contributed by atoms with Crippen LogP contribution in [0.3, 0.4) is 0 Å². The average Bonchev–Trinajstić information content (AvgIpc) is 2.69. The van der Waals surface area contributed by atoms with Crippen LogP contribution in [0.5, 0.6) is 17.2 Å². The van der Waals surface area contributed by atoms with E-state index in [0.29, 0.717) is 33.8 Å². The predicted molar refractivity (Wildman–Crippen MR) is 106 cm³/mol. The molecule has 0 radical (unpaired) electrons. The van der Waals surface area contributed by atoms with E-state index in [1.807, 2.05) is 24.3 Å². The quantitative estimate of drug-likeness (QED) is 0.612. The molecule has 1 heterocycles. The maximum Gasteiger partial charge on any atom is 0.144 e. The van der Waals surface area contributed by atoms with Gasteiger partial charge in [0.1, 0.15) is 35.2 Å². The molecular formula is C19H19ClN4O3. The first-order valence-corrected chi connectivity index (χ1v) is 8.42. The van der Waals surface area contributed by atoms with Crippen molar-refractivity contribution in [1.29, 1.82) is 0 Å². The van der Waals surface area contributed by atoms with Crippen LogP contribution in [0.25, 0.3) is 0 Å². The fourth-order valence-corrected chi connectivity index (χ4v) is 2.67. The lowest BCUT2D eigenvalue weighted by Crippen LogP contribution is -2.00. The first kappa shape index (κ1) is 18.6. The molecule has 0 aliphatic heterocycles. The number of nitrogens with one attached hydrogen (secondary N) is 2. The minimum atomic E-state index is 0.461. The van der Waals surface area contributed by atoms with E-state index < -0.39 is 0 Å². The van der Waals surface area contributed by atoms with Gasteiger partial charge in [0.25, 0.3) is 0 Å². The Labute approximate surface area is 162 Å². The van der Waals surface area contributed by atoms with E-state index in [-0.39, 0.29) is 0 Å². The van der Waals surface area contributed by atoms with Crippen LogP contribution in [0, 0.1) is 0 Å². The number of anilines is 4. The van der Waals surface area contributed by atoms with Crippen molar-refractivity contribution >= 4 is 34.6 Å². The Morgan fingerprint density at radius 1 is 0.815 bits per heavy atom. The summed E-state index contributed by atoms with van der Waals surface area (Å²) in [4.78, 5) is 8.49. The van der Waals surface area contributed by atoms with Crippen molar-refractivity contribution in [3.8, 4) is 17.2 Å². The van der Waals surface area contributed by atoms with E-state index in [4.69, 9.17) is 25.8 Å². The number of nitrogens with zero attached hydrogens (tertiary/aromatic N) is 2. The van der Waals surface area contributed by atoms with E-state index in [1.165, 1.54) is 6.33 Å². The molecule has 140 valence electrons. The van der Waals surface area contributed by atoms with Gasteiger partial charge in [-0.05, 0) is 12.1 Å². The van der Waals surface area contributed by atoms with Crippen molar-refractivity contribution < 1.29 is 14.2 Å². The van der Waals surface area contributed by atoms with Crippen LogP contribution < -0.4 is 24.8 Å². The standard InChI is InChI=1S/C19H19ClN4O3/c1-25-13-6-4-5-12(7-13)23-18-10-19(22-11-21-18)24-15-9-16(26-2)14(20)8-17(15)27-3/h4-11H,1-3H3,(H2,21,22,23,24).